The molecule has 0 radical (unpaired) electrons. The third kappa shape index (κ3) is 4.50. The van der Waals surface area contributed by atoms with E-state index in [0.29, 0.717) is 9.93 Å². The van der Waals surface area contributed by atoms with Crippen molar-refractivity contribution in [2.75, 3.05) is 38.1 Å². The van der Waals surface area contributed by atoms with Gasteiger partial charge in [-0.3, -0.25) is 14.5 Å². The molecule has 2 aliphatic heterocycles. The number of halogens is 1. The van der Waals surface area contributed by atoms with Crippen molar-refractivity contribution in [3.63, 3.8) is 0 Å². The second-order valence-electron chi connectivity index (χ2n) is 7.24. The lowest BCUT2D eigenvalue weighted by atomic mass is 10.1. The van der Waals surface area contributed by atoms with Gasteiger partial charge in [-0.05, 0) is 54.2 Å². The molecule has 5 nitrogen and oxygen atoms in total. The molecule has 2 saturated heterocycles. The van der Waals surface area contributed by atoms with Crippen molar-refractivity contribution >= 4 is 46.3 Å². The first-order valence-electron chi connectivity index (χ1n) is 9.53. The van der Waals surface area contributed by atoms with E-state index in [0.717, 1.165) is 54.8 Å². The third-order valence-electron chi connectivity index (χ3n) is 5.19. The number of thioether (sulfide) groups is 1. The minimum atomic E-state index is -0.247. The van der Waals surface area contributed by atoms with E-state index in [-0.39, 0.29) is 17.7 Å². The molecule has 0 saturated carbocycles. The Bertz CT molecular complexity index is 953. The summed E-state index contributed by atoms with van der Waals surface area (Å²) >= 11 is 6.92. The number of anilines is 1. The molecule has 2 amide bonds. The summed E-state index contributed by atoms with van der Waals surface area (Å²) < 4.78 is 0. The molecule has 0 bridgehead atoms. The standard InChI is InChI=1S/C22H22ClN3O2S/c1-24-10-12-25(13-11-24)19-5-3-2-4-17(19)14-20-21(27)26(22(28)29-20)15-16-6-8-18(23)9-7-16/h2-9,14H,10-13,15H2,1H3/b20-14+. The molecule has 2 aliphatic rings. The van der Waals surface area contributed by atoms with Gasteiger partial charge in [-0.2, -0.15) is 0 Å². The van der Waals surface area contributed by atoms with Gasteiger partial charge in [0.1, 0.15) is 0 Å². The van der Waals surface area contributed by atoms with E-state index >= 15 is 0 Å². The fraction of sp³-hybridized carbons (Fsp3) is 0.273. The number of likely N-dealkylation sites (N-methyl/N-ethyl adjacent to an activating group) is 1. The van der Waals surface area contributed by atoms with E-state index in [1.807, 2.05) is 36.4 Å². The highest BCUT2D eigenvalue weighted by Gasteiger charge is 2.35. The Morgan fingerprint density at radius 3 is 2.41 bits per heavy atom. The fourth-order valence-corrected chi connectivity index (χ4v) is 4.45. The van der Waals surface area contributed by atoms with E-state index in [1.165, 1.54) is 4.90 Å². The molecule has 150 valence electrons. The van der Waals surface area contributed by atoms with E-state index in [4.69, 9.17) is 11.6 Å². The lowest BCUT2D eigenvalue weighted by molar-refractivity contribution is -0.123. The fourth-order valence-electron chi connectivity index (χ4n) is 3.49. The van der Waals surface area contributed by atoms with E-state index in [2.05, 4.69) is 22.9 Å². The summed E-state index contributed by atoms with van der Waals surface area (Å²) in [6.07, 6.45) is 1.85. The van der Waals surface area contributed by atoms with Gasteiger partial charge in [-0.15, -0.1) is 0 Å². The van der Waals surface area contributed by atoms with Crippen molar-refractivity contribution in [3.8, 4) is 0 Å². The van der Waals surface area contributed by atoms with Crippen LogP contribution < -0.4 is 4.90 Å². The summed E-state index contributed by atoms with van der Waals surface area (Å²) in [4.78, 5) is 31.8. The average Bonchev–Trinajstić information content (AvgIpc) is 2.98. The number of carbonyl (C=O) groups is 2. The van der Waals surface area contributed by atoms with Crippen molar-refractivity contribution in [1.29, 1.82) is 0 Å². The first kappa shape index (κ1) is 20.0. The van der Waals surface area contributed by atoms with Gasteiger partial charge in [-0.1, -0.05) is 41.9 Å². The van der Waals surface area contributed by atoms with Crippen molar-refractivity contribution < 1.29 is 9.59 Å². The third-order valence-corrected chi connectivity index (χ3v) is 6.35. The molecule has 0 aromatic heterocycles. The molecule has 0 spiro atoms. The highest BCUT2D eigenvalue weighted by atomic mass is 35.5. The molecule has 29 heavy (non-hydrogen) atoms. The van der Waals surface area contributed by atoms with Crippen LogP contribution in [0.5, 0.6) is 0 Å². The highest BCUT2D eigenvalue weighted by molar-refractivity contribution is 8.18. The number of para-hydroxylation sites is 1. The summed E-state index contributed by atoms with van der Waals surface area (Å²) in [5.74, 6) is -0.247. The highest BCUT2D eigenvalue weighted by Crippen LogP contribution is 2.35. The van der Waals surface area contributed by atoms with Crippen molar-refractivity contribution in [2.24, 2.45) is 0 Å². The van der Waals surface area contributed by atoms with Crippen LogP contribution in [0.2, 0.25) is 5.02 Å². The van der Waals surface area contributed by atoms with Crippen LogP contribution in [0.15, 0.2) is 53.4 Å². The zero-order valence-corrected chi connectivity index (χ0v) is 17.7. The molecule has 0 N–H and O–H groups in total. The summed E-state index contributed by atoms with van der Waals surface area (Å²) in [5.41, 5.74) is 2.94. The smallest absolute Gasteiger partial charge is 0.293 e. The Morgan fingerprint density at radius 2 is 1.69 bits per heavy atom. The van der Waals surface area contributed by atoms with Gasteiger partial charge in [0.25, 0.3) is 11.1 Å². The van der Waals surface area contributed by atoms with Gasteiger partial charge in [0.05, 0.1) is 11.4 Å². The van der Waals surface area contributed by atoms with Gasteiger partial charge >= 0.3 is 0 Å². The molecule has 2 heterocycles. The first-order chi connectivity index (χ1) is 14.0. The predicted molar refractivity (Wildman–Crippen MR) is 119 cm³/mol. The largest absolute Gasteiger partial charge is 0.368 e. The molecule has 2 aromatic rings. The van der Waals surface area contributed by atoms with Crippen LogP contribution in [0.3, 0.4) is 0 Å². The Morgan fingerprint density at radius 1 is 1.00 bits per heavy atom. The summed E-state index contributed by atoms with van der Waals surface area (Å²) in [7, 11) is 2.12. The quantitative estimate of drug-likeness (QED) is 0.679. The van der Waals surface area contributed by atoms with Crippen LogP contribution in [-0.4, -0.2) is 54.2 Å². The number of piperazine rings is 1. The predicted octanol–water partition coefficient (Wildman–Crippen LogP) is 4.33. The van der Waals surface area contributed by atoms with Crippen LogP contribution in [-0.2, 0) is 11.3 Å². The van der Waals surface area contributed by atoms with Crippen LogP contribution >= 0.6 is 23.4 Å². The SMILES string of the molecule is CN1CCN(c2ccccc2/C=C2/SC(=O)N(Cc3ccc(Cl)cc3)C2=O)CC1. The van der Waals surface area contributed by atoms with Gasteiger partial charge in [0.15, 0.2) is 0 Å². The summed E-state index contributed by atoms with van der Waals surface area (Å²) in [5, 5.41) is 0.386. The topological polar surface area (TPSA) is 43.9 Å². The van der Waals surface area contributed by atoms with E-state index < -0.39 is 0 Å². The van der Waals surface area contributed by atoms with Crippen molar-refractivity contribution in [3.05, 3.63) is 69.6 Å². The maximum Gasteiger partial charge on any atom is 0.293 e. The zero-order chi connectivity index (χ0) is 20.4. The van der Waals surface area contributed by atoms with E-state index in [9.17, 15) is 9.59 Å². The number of amides is 2. The second-order valence-corrected chi connectivity index (χ2v) is 8.67. The van der Waals surface area contributed by atoms with Crippen LogP contribution in [0.25, 0.3) is 6.08 Å². The molecule has 0 unspecified atom stereocenters. The van der Waals surface area contributed by atoms with Crippen LogP contribution in [0.4, 0.5) is 10.5 Å². The molecular formula is C22H22ClN3O2S. The van der Waals surface area contributed by atoms with Gasteiger partial charge in [0.2, 0.25) is 0 Å². The van der Waals surface area contributed by atoms with Gasteiger partial charge < -0.3 is 9.80 Å². The minimum absolute atomic E-state index is 0.242. The normalized spacial score (nSPS) is 19.4. The Labute approximate surface area is 179 Å². The van der Waals surface area contributed by atoms with Gasteiger partial charge in [0, 0.05) is 36.9 Å². The molecular weight excluding hydrogens is 406 g/mol. The second kappa shape index (κ2) is 8.61. The number of carbonyl (C=O) groups excluding carboxylic acids is 2. The van der Waals surface area contributed by atoms with Gasteiger partial charge in [-0.25, -0.2) is 0 Å². The number of benzene rings is 2. The monoisotopic (exact) mass is 427 g/mol. The number of nitrogens with zero attached hydrogens (tertiary/aromatic N) is 3. The van der Waals surface area contributed by atoms with Crippen molar-refractivity contribution in [2.45, 2.75) is 6.54 Å². The Kier molecular flexibility index (Phi) is 5.94. The summed E-state index contributed by atoms with van der Waals surface area (Å²) in [6.45, 7) is 4.15. The summed E-state index contributed by atoms with van der Waals surface area (Å²) in [6, 6.07) is 15.2. The van der Waals surface area contributed by atoms with Crippen molar-refractivity contribution in [1.82, 2.24) is 9.80 Å². The lowest BCUT2D eigenvalue weighted by Gasteiger charge is -2.34. The Hall–Kier alpha value is -2.28. The minimum Gasteiger partial charge on any atom is -0.368 e. The molecule has 2 fully saturated rings. The lowest BCUT2D eigenvalue weighted by Crippen LogP contribution is -2.44. The maximum atomic E-state index is 12.9. The Balaban J connectivity index is 1.55. The maximum absolute atomic E-state index is 12.9. The number of hydrogen-bond acceptors (Lipinski definition) is 5. The van der Waals surface area contributed by atoms with Crippen LogP contribution in [0, 0.1) is 0 Å². The molecule has 0 aliphatic carbocycles. The molecule has 2 aromatic carbocycles. The number of rotatable bonds is 4. The van der Waals surface area contributed by atoms with E-state index in [1.54, 1.807) is 12.1 Å². The van der Waals surface area contributed by atoms with Crippen LogP contribution in [0.1, 0.15) is 11.1 Å². The number of hydrogen-bond donors (Lipinski definition) is 0. The average molecular weight is 428 g/mol. The molecule has 7 heteroatoms. The molecule has 0 atom stereocenters. The number of imide groups is 1. The molecule has 4 rings (SSSR count). The first-order valence-corrected chi connectivity index (χ1v) is 10.7. The zero-order valence-electron chi connectivity index (χ0n) is 16.2.